The van der Waals surface area contributed by atoms with E-state index in [0.717, 1.165) is 37.7 Å². The van der Waals surface area contributed by atoms with Gasteiger partial charge < -0.3 is 15.0 Å². The Kier molecular flexibility index (Phi) is 15.3. The van der Waals surface area contributed by atoms with Crippen molar-refractivity contribution in [3.05, 3.63) is 16.1 Å². The number of nitrogens with one attached hydrogen (secondary N) is 1. The van der Waals surface area contributed by atoms with Gasteiger partial charge in [-0.05, 0) is 6.92 Å². The molecule has 0 aliphatic carbocycles. The fourth-order valence-corrected chi connectivity index (χ4v) is 3.17. The summed E-state index contributed by atoms with van der Waals surface area (Å²) in [5, 5.41) is 4.21. The molecule has 1 aromatic rings. The highest BCUT2D eigenvalue weighted by atomic mass is 35.5. The zero-order chi connectivity index (χ0) is 15.1. The molecule has 0 bridgehead atoms. The molecule has 0 aromatic carbocycles. The highest BCUT2D eigenvalue weighted by Gasteiger charge is 2.21. The lowest BCUT2D eigenvalue weighted by Crippen LogP contribution is -2.50. The number of ether oxygens (including phenoxy) is 1. The standard InChI is InChI=1S/C14H24N4O2S.3ClH/c1-12-16-9-13(21-12)11-17-4-6-18(7-5-17)14(19)10-15-3-8-20-2;;;/h9,15H,3-8,10-11H2,1-2H3;3*1H. The molecule has 1 N–H and O–H groups in total. The van der Waals surface area contributed by atoms with E-state index < -0.39 is 0 Å². The highest BCUT2D eigenvalue weighted by Crippen LogP contribution is 2.15. The molecule has 0 unspecified atom stereocenters. The first-order chi connectivity index (χ1) is 10.2. The van der Waals surface area contributed by atoms with Gasteiger partial charge in [-0.1, -0.05) is 0 Å². The topological polar surface area (TPSA) is 57.7 Å². The number of carbonyl (C=O) groups excluding carboxylic acids is 1. The van der Waals surface area contributed by atoms with Crippen LogP contribution >= 0.6 is 48.6 Å². The molecule has 2 rings (SSSR count). The van der Waals surface area contributed by atoms with Gasteiger partial charge in [0.1, 0.15) is 0 Å². The lowest BCUT2D eigenvalue weighted by atomic mass is 10.3. The second-order valence-corrected chi connectivity index (χ2v) is 6.49. The van der Waals surface area contributed by atoms with Gasteiger partial charge in [0.2, 0.25) is 5.91 Å². The van der Waals surface area contributed by atoms with Crippen LogP contribution in [-0.2, 0) is 16.1 Å². The summed E-state index contributed by atoms with van der Waals surface area (Å²) in [7, 11) is 1.66. The number of halogens is 3. The molecule has 142 valence electrons. The van der Waals surface area contributed by atoms with Gasteiger partial charge >= 0.3 is 0 Å². The molecular formula is C14H27Cl3N4O2S. The molecule has 24 heavy (non-hydrogen) atoms. The Bertz CT molecular complexity index is 457. The minimum absolute atomic E-state index is 0. The third kappa shape index (κ3) is 8.80. The molecule has 1 amide bonds. The number of aryl methyl sites for hydroxylation is 1. The first-order valence-electron chi connectivity index (χ1n) is 7.30. The number of amides is 1. The SMILES string of the molecule is COCCNCC(=O)N1CCN(Cc2cnc(C)s2)CC1.Cl.Cl.Cl. The number of piperazine rings is 1. The van der Waals surface area contributed by atoms with E-state index in [0.29, 0.717) is 19.7 Å². The predicted molar refractivity (Wildman–Crippen MR) is 105 cm³/mol. The second kappa shape index (κ2) is 14.1. The largest absolute Gasteiger partial charge is 0.383 e. The molecule has 0 atom stereocenters. The summed E-state index contributed by atoms with van der Waals surface area (Å²) in [6, 6.07) is 0. The normalized spacial score (nSPS) is 14.3. The molecule has 1 aliphatic rings. The minimum atomic E-state index is 0. The predicted octanol–water partition coefficient (Wildman–Crippen LogP) is 1.60. The van der Waals surface area contributed by atoms with Crippen molar-refractivity contribution in [3.8, 4) is 0 Å². The van der Waals surface area contributed by atoms with Crippen LogP contribution in [0.5, 0.6) is 0 Å². The van der Waals surface area contributed by atoms with Crippen LogP contribution in [0.3, 0.4) is 0 Å². The van der Waals surface area contributed by atoms with E-state index in [1.165, 1.54) is 4.88 Å². The number of carbonyl (C=O) groups is 1. The molecule has 2 heterocycles. The molecule has 0 saturated carbocycles. The Morgan fingerprint density at radius 3 is 2.50 bits per heavy atom. The Morgan fingerprint density at radius 1 is 1.29 bits per heavy atom. The molecule has 1 fully saturated rings. The van der Waals surface area contributed by atoms with E-state index in [1.807, 2.05) is 18.0 Å². The molecule has 1 saturated heterocycles. The summed E-state index contributed by atoms with van der Waals surface area (Å²) >= 11 is 1.75. The summed E-state index contributed by atoms with van der Waals surface area (Å²) in [5.41, 5.74) is 0. The monoisotopic (exact) mass is 420 g/mol. The summed E-state index contributed by atoms with van der Waals surface area (Å²) < 4.78 is 4.94. The van der Waals surface area contributed by atoms with Crippen molar-refractivity contribution in [2.24, 2.45) is 0 Å². The van der Waals surface area contributed by atoms with Crippen molar-refractivity contribution in [3.63, 3.8) is 0 Å². The van der Waals surface area contributed by atoms with Gasteiger partial charge in [0.05, 0.1) is 18.2 Å². The first-order valence-corrected chi connectivity index (χ1v) is 8.12. The maximum absolute atomic E-state index is 12.0. The molecule has 1 aromatic heterocycles. The zero-order valence-electron chi connectivity index (χ0n) is 14.0. The number of aromatic nitrogens is 1. The third-order valence-corrected chi connectivity index (χ3v) is 4.43. The lowest BCUT2D eigenvalue weighted by molar-refractivity contribution is -0.132. The van der Waals surface area contributed by atoms with E-state index in [4.69, 9.17) is 4.74 Å². The Labute approximate surface area is 166 Å². The average molecular weight is 422 g/mol. The molecular weight excluding hydrogens is 395 g/mol. The second-order valence-electron chi connectivity index (χ2n) is 5.17. The summed E-state index contributed by atoms with van der Waals surface area (Å²) in [6.45, 7) is 8.20. The fourth-order valence-electron chi connectivity index (χ4n) is 2.34. The van der Waals surface area contributed by atoms with E-state index in [9.17, 15) is 4.79 Å². The molecule has 0 radical (unpaired) electrons. The van der Waals surface area contributed by atoms with Crippen molar-refractivity contribution in [2.45, 2.75) is 13.5 Å². The Hall–Kier alpha value is -0.150. The van der Waals surface area contributed by atoms with Crippen molar-refractivity contribution in [2.75, 3.05) is 53.0 Å². The maximum Gasteiger partial charge on any atom is 0.236 e. The smallest absolute Gasteiger partial charge is 0.236 e. The van der Waals surface area contributed by atoms with Crippen LogP contribution in [0.4, 0.5) is 0 Å². The van der Waals surface area contributed by atoms with Crippen LogP contribution in [0.15, 0.2) is 6.20 Å². The fraction of sp³-hybridized carbons (Fsp3) is 0.714. The maximum atomic E-state index is 12.0. The molecule has 6 nitrogen and oxygen atoms in total. The Morgan fingerprint density at radius 2 is 1.96 bits per heavy atom. The van der Waals surface area contributed by atoms with Crippen LogP contribution in [0.25, 0.3) is 0 Å². The van der Waals surface area contributed by atoms with E-state index >= 15 is 0 Å². The van der Waals surface area contributed by atoms with Crippen LogP contribution in [0, 0.1) is 6.92 Å². The molecule has 1 aliphatic heterocycles. The van der Waals surface area contributed by atoms with Gasteiger partial charge in [0.15, 0.2) is 0 Å². The number of hydrogen-bond acceptors (Lipinski definition) is 6. The Balaban J connectivity index is 0. The van der Waals surface area contributed by atoms with Crippen molar-refractivity contribution in [1.82, 2.24) is 20.1 Å². The van der Waals surface area contributed by atoms with E-state index in [2.05, 4.69) is 15.2 Å². The van der Waals surface area contributed by atoms with E-state index in [1.54, 1.807) is 18.4 Å². The van der Waals surface area contributed by atoms with Gasteiger partial charge in [-0.25, -0.2) is 4.98 Å². The molecule has 10 heteroatoms. The number of hydrogen-bond donors (Lipinski definition) is 1. The minimum Gasteiger partial charge on any atom is -0.383 e. The first kappa shape index (κ1) is 26.1. The van der Waals surface area contributed by atoms with Crippen LogP contribution in [-0.4, -0.2) is 73.7 Å². The highest BCUT2D eigenvalue weighted by molar-refractivity contribution is 7.11. The van der Waals surface area contributed by atoms with Crippen molar-refractivity contribution >= 4 is 54.5 Å². The molecule has 0 spiro atoms. The average Bonchev–Trinajstić information content (AvgIpc) is 2.89. The van der Waals surface area contributed by atoms with Gasteiger partial charge in [0, 0.05) is 57.5 Å². The van der Waals surface area contributed by atoms with Crippen LogP contribution in [0.2, 0.25) is 0 Å². The van der Waals surface area contributed by atoms with Crippen molar-refractivity contribution < 1.29 is 9.53 Å². The lowest BCUT2D eigenvalue weighted by Gasteiger charge is -2.34. The van der Waals surface area contributed by atoms with Crippen LogP contribution < -0.4 is 5.32 Å². The van der Waals surface area contributed by atoms with Crippen LogP contribution in [0.1, 0.15) is 9.88 Å². The summed E-state index contributed by atoms with van der Waals surface area (Å²) in [4.78, 5) is 21.9. The third-order valence-electron chi connectivity index (χ3n) is 3.53. The van der Waals surface area contributed by atoms with Crippen molar-refractivity contribution in [1.29, 1.82) is 0 Å². The van der Waals surface area contributed by atoms with Gasteiger partial charge in [-0.3, -0.25) is 9.69 Å². The quantitative estimate of drug-likeness (QED) is 0.678. The number of nitrogens with zero attached hydrogens (tertiary/aromatic N) is 3. The summed E-state index contributed by atoms with van der Waals surface area (Å²) in [5.74, 6) is 0.180. The van der Waals surface area contributed by atoms with Gasteiger partial charge in [-0.15, -0.1) is 48.6 Å². The number of thiazole rings is 1. The van der Waals surface area contributed by atoms with E-state index in [-0.39, 0.29) is 43.1 Å². The number of rotatable bonds is 7. The number of methoxy groups -OCH3 is 1. The van der Waals surface area contributed by atoms with Gasteiger partial charge in [-0.2, -0.15) is 0 Å². The van der Waals surface area contributed by atoms with Gasteiger partial charge in [0.25, 0.3) is 0 Å². The summed E-state index contributed by atoms with van der Waals surface area (Å²) in [6.07, 6.45) is 1.96. The zero-order valence-corrected chi connectivity index (χ0v) is 17.3.